The van der Waals surface area contributed by atoms with Crippen molar-refractivity contribution in [1.82, 2.24) is 9.55 Å². The molecule has 0 aliphatic rings. The quantitative estimate of drug-likeness (QED) is 0.445. The van der Waals surface area contributed by atoms with Crippen LogP contribution < -0.4 is 0 Å². The molecule has 1 N–H and O–H groups in total. The van der Waals surface area contributed by atoms with Crippen molar-refractivity contribution in [2.24, 2.45) is 5.92 Å². The van der Waals surface area contributed by atoms with Crippen molar-refractivity contribution in [3.05, 3.63) is 65.9 Å². The zero-order valence-electron chi connectivity index (χ0n) is 16.6. The molecule has 0 aliphatic carbocycles. The molecule has 0 saturated carbocycles. The van der Waals surface area contributed by atoms with E-state index in [0.717, 1.165) is 16.9 Å². The van der Waals surface area contributed by atoms with Crippen molar-refractivity contribution in [2.75, 3.05) is 5.75 Å². The maximum atomic E-state index is 12.4. The molecule has 5 nitrogen and oxygen atoms in total. The molecule has 1 atom stereocenters. The van der Waals surface area contributed by atoms with E-state index < -0.39 is 5.92 Å². The molecule has 0 fully saturated rings. The summed E-state index contributed by atoms with van der Waals surface area (Å²) in [5, 5.41) is 17.5. The van der Waals surface area contributed by atoms with Gasteiger partial charge in [0.1, 0.15) is 5.92 Å². The predicted molar refractivity (Wildman–Crippen MR) is 117 cm³/mol. The van der Waals surface area contributed by atoms with Crippen LogP contribution in [-0.4, -0.2) is 26.8 Å². The van der Waals surface area contributed by atoms with E-state index in [1.807, 2.05) is 53.2 Å². The number of imidazole rings is 1. The highest BCUT2D eigenvalue weighted by Gasteiger charge is 2.21. The molecular weight excluding hydrogens is 380 g/mol. The van der Waals surface area contributed by atoms with Gasteiger partial charge < -0.3 is 5.41 Å². The van der Waals surface area contributed by atoms with Gasteiger partial charge in [-0.25, -0.2) is 4.98 Å². The Morgan fingerprint density at radius 3 is 2.55 bits per heavy atom. The lowest BCUT2D eigenvalue weighted by molar-refractivity contribution is -0.117. The van der Waals surface area contributed by atoms with Crippen LogP contribution in [0.2, 0.25) is 0 Å². The van der Waals surface area contributed by atoms with Crippen LogP contribution in [0.4, 0.5) is 0 Å². The highest BCUT2D eigenvalue weighted by Crippen LogP contribution is 2.28. The van der Waals surface area contributed by atoms with E-state index in [-0.39, 0.29) is 17.2 Å². The second kappa shape index (κ2) is 8.89. The third-order valence-corrected chi connectivity index (χ3v) is 5.71. The van der Waals surface area contributed by atoms with Gasteiger partial charge in [-0.15, -0.1) is 0 Å². The van der Waals surface area contributed by atoms with E-state index in [4.69, 9.17) is 15.7 Å². The fourth-order valence-corrected chi connectivity index (χ4v) is 3.81. The van der Waals surface area contributed by atoms with E-state index >= 15 is 0 Å². The third kappa shape index (κ3) is 4.64. The van der Waals surface area contributed by atoms with E-state index in [2.05, 4.69) is 26.0 Å². The molecule has 29 heavy (non-hydrogen) atoms. The number of hydrogen-bond acceptors (Lipinski definition) is 5. The first-order chi connectivity index (χ1) is 13.9. The number of nitrogens with one attached hydrogen (secondary N) is 1. The maximum Gasteiger partial charge on any atom is 0.173 e. The molecule has 0 saturated heterocycles. The van der Waals surface area contributed by atoms with Crippen LogP contribution in [0.1, 0.15) is 18.1 Å². The molecule has 2 aromatic carbocycles. The van der Waals surface area contributed by atoms with Gasteiger partial charge in [-0.05, 0) is 50.1 Å². The summed E-state index contributed by atoms with van der Waals surface area (Å²) in [4.78, 5) is 17.1. The summed E-state index contributed by atoms with van der Waals surface area (Å²) in [5.74, 6) is -1.19. The molecule has 146 valence electrons. The van der Waals surface area contributed by atoms with Crippen LogP contribution >= 0.6 is 11.8 Å². The lowest BCUT2D eigenvalue weighted by Crippen LogP contribution is -2.21. The average Bonchev–Trinajstić information content (AvgIpc) is 3.13. The first kappa shape index (κ1) is 20.6. The Hall–Kier alpha value is -3.17. The van der Waals surface area contributed by atoms with Crippen molar-refractivity contribution < 1.29 is 4.79 Å². The molecule has 0 unspecified atom stereocenters. The minimum Gasteiger partial charge on any atom is -0.308 e. The van der Waals surface area contributed by atoms with Gasteiger partial charge in [0, 0.05) is 23.2 Å². The summed E-state index contributed by atoms with van der Waals surface area (Å²) in [7, 11) is 0. The van der Waals surface area contributed by atoms with Crippen LogP contribution in [-0.2, 0) is 4.79 Å². The normalized spacial score (nSPS) is 11.7. The number of carbonyl (C=O) groups is 1. The van der Waals surface area contributed by atoms with Crippen LogP contribution in [0.25, 0.3) is 16.9 Å². The molecule has 0 aliphatic heterocycles. The Kier molecular flexibility index (Phi) is 6.30. The smallest absolute Gasteiger partial charge is 0.173 e. The molecule has 1 heterocycles. The lowest BCUT2D eigenvalue weighted by Gasteiger charge is -2.08. The van der Waals surface area contributed by atoms with Crippen molar-refractivity contribution in [1.29, 1.82) is 10.7 Å². The van der Waals surface area contributed by atoms with Crippen LogP contribution in [0.5, 0.6) is 0 Å². The summed E-state index contributed by atoms with van der Waals surface area (Å²) in [6, 6.07) is 18.0. The van der Waals surface area contributed by atoms with Gasteiger partial charge in [0.15, 0.2) is 10.9 Å². The monoisotopic (exact) mass is 402 g/mol. The molecule has 0 amide bonds. The molecule has 3 aromatic rings. The Morgan fingerprint density at radius 1 is 1.21 bits per heavy atom. The van der Waals surface area contributed by atoms with Crippen LogP contribution in [0.15, 0.2) is 59.9 Å². The predicted octanol–water partition coefficient (Wildman–Crippen LogP) is 5.00. The second-order valence-corrected chi connectivity index (χ2v) is 7.86. The fourth-order valence-electron chi connectivity index (χ4n) is 2.91. The highest BCUT2D eigenvalue weighted by molar-refractivity contribution is 7.99. The number of hydrogen-bond donors (Lipinski definition) is 1. The molecule has 3 rings (SSSR count). The van der Waals surface area contributed by atoms with Gasteiger partial charge in [0.25, 0.3) is 0 Å². The van der Waals surface area contributed by atoms with Crippen molar-refractivity contribution in [2.45, 2.75) is 25.9 Å². The van der Waals surface area contributed by atoms with Crippen LogP contribution in [0.3, 0.4) is 0 Å². The van der Waals surface area contributed by atoms with E-state index in [9.17, 15) is 4.79 Å². The second-order valence-electron chi connectivity index (χ2n) is 6.91. The summed E-state index contributed by atoms with van der Waals surface area (Å²) in [5.41, 5.74) is 5.28. The molecule has 6 heteroatoms. The van der Waals surface area contributed by atoms with Gasteiger partial charge in [-0.2, -0.15) is 5.26 Å². The number of aryl methyl sites for hydroxylation is 2. The fraction of sp³-hybridized carbons (Fsp3) is 0.217. The minimum atomic E-state index is -0.998. The number of carbonyl (C=O) groups excluding carboxylic acids is 1. The molecular formula is C23H22N4OS. The number of rotatable bonds is 7. The largest absolute Gasteiger partial charge is 0.308 e. The Balaban J connectivity index is 1.95. The summed E-state index contributed by atoms with van der Waals surface area (Å²) >= 11 is 1.29. The minimum absolute atomic E-state index is 0.0697. The Labute approximate surface area is 174 Å². The van der Waals surface area contributed by atoms with Gasteiger partial charge in [0.05, 0.1) is 17.5 Å². The summed E-state index contributed by atoms with van der Waals surface area (Å²) < 4.78 is 1.96. The number of Topliss-reactive ketones (excluding diaryl/α,β-unsaturated/α-hetero) is 1. The number of aromatic nitrogens is 2. The third-order valence-electron chi connectivity index (χ3n) is 4.74. The van der Waals surface area contributed by atoms with Gasteiger partial charge in [-0.3, -0.25) is 9.36 Å². The van der Waals surface area contributed by atoms with Crippen molar-refractivity contribution in [3.8, 4) is 23.0 Å². The Bertz CT molecular complexity index is 1100. The zero-order valence-corrected chi connectivity index (χ0v) is 17.5. The SMILES string of the molecule is CC(=N)[C@@H](C#N)C(=O)CSc1nc(-c2ccc(C)c(C)c2)cn1-c1ccccc1. The number of thioether (sulfide) groups is 1. The van der Waals surface area contributed by atoms with E-state index in [1.165, 1.54) is 29.8 Å². The molecule has 0 radical (unpaired) electrons. The van der Waals surface area contributed by atoms with Crippen molar-refractivity contribution in [3.63, 3.8) is 0 Å². The first-order valence-electron chi connectivity index (χ1n) is 9.23. The van der Waals surface area contributed by atoms with Crippen LogP contribution in [0, 0.1) is 36.5 Å². The van der Waals surface area contributed by atoms with E-state index in [0.29, 0.717) is 5.16 Å². The maximum absolute atomic E-state index is 12.4. The highest BCUT2D eigenvalue weighted by atomic mass is 32.2. The van der Waals surface area contributed by atoms with Crippen molar-refractivity contribution >= 4 is 23.3 Å². The Morgan fingerprint density at radius 2 is 1.93 bits per heavy atom. The number of benzene rings is 2. The summed E-state index contributed by atoms with van der Waals surface area (Å²) in [6.45, 7) is 5.63. The van der Waals surface area contributed by atoms with Gasteiger partial charge in [0.2, 0.25) is 0 Å². The standard InChI is InChI=1S/C23H22N4OS/c1-15-9-10-18(11-16(15)2)21-13-27(19-7-5-4-6-8-19)23(26-21)29-14-22(28)20(12-24)17(3)25/h4-11,13,20,25H,14H2,1-3H3/t20-/m1/s1. The molecule has 0 bridgehead atoms. The number of nitrogens with zero attached hydrogens (tertiary/aromatic N) is 3. The lowest BCUT2D eigenvalue weighted by atomic mass is 10.0. The topological polar surface area (TPSA) is 82.5 Å². The molecule has 0 spiro atoms. The molecule has 1 aromatic heterocycles. The van der Waals surface area contributed by atoms with Gasteiger partial charge >= 0.3 is 0 Å². The number of nitriles is 1. The first-order valence-corrected chi connectivity index (χ1v) is 10.2. The zero-order chi connectivity index (χ0) is 21.0. The number of ketones is 1. The van der Waals surface area contributed by atoms with E-state index in [1.54, 1.807) is 0 Å². The number of para-hydroxylation sites is 1. The van der Waals surface area contributed by atoms with Gasteiger partial charge in [-0.1, -0.05) is 42.1 Å². The average molecular weight is 403 g/mol. The summed E-state index contributed by atoms with van der Waals surface area (Å²) in [6.07, 6.45) is 1.97.